The molecule has 4 amide bonds. The maximum atomic E-state index is 14.6. The van der Waals surface area contributed by atoms with Crippen LogP contribution in [-0.2, 0) is 38.5 Å². The van der Waals surface area contributed by atoms with Gasteiger partial charge in [-0.3, -0.25) is 9.69 Å². The lowest BCUT2D eigenvalue weighted by atomic mass is 9.43. The fourth-order valence-corrected chi connectivity index (χ4v) is 10.4. The van der Waals surface area contributed by atoms with Crippen molar-refractivity contribution in [2.45, 2.75) is 141 Å². The van der Waals surface area contributed by atoms with Gasteiger partial charge in [0.15, 0.2) is 0 Å². The fourth-order valence-electron chi connectivity index (χ4n) is 10.4. The first-order chi connectivity index (χ1) is 25.6. The Labute approximate surface area is 315 Å². The highest BCUT2D eigenvalue weighted by molar-refractivity contribution is 6.48. The largest absolute Gasteiger partial charge is 0.481 e. The third kappa shape index (κ3) is 7.20. The molecular weight excluding hydrogens is 667 g/mol. The first-order valence-electron chi connectivity index (χ1n) is 20.4. The summed E-state index contributed by atoms with van der Waals surface area (Å²) in [6.07, 6.45) is 9.53. The zero-order valence-corrected chi connectivity index (χ0v) is 31.8. The third-order valence-electron chi connectivity index (χ3n) is 13.7. The Morgan fingerprint density at radius 3 is 2.28 bits per heavy atom. The van der Waals surface area contributed by atoms with Gasteiger partial charge in [0.05, 0.1) is 24.2 Å². The number of nitrogens with zero attached hydrogens (tertiary/aromatic N) is 3. The van der Waals surface area contributed by atoms with Crippen LogP contribution >= 0.6 is 0 Å². The molecule has 3 saturated carbocycles. The number of benzene rings is 2. The number of hydrogen-bond acceptors (Lipinski definition) is 6. The SMILES string of the molecule is CC1(C)[C@H]2CC3OB([C@@H]4CCCCCCCCCN(Cc5ccccc5)C(=O)N5C[C@H](OC(=O)N6Cc7ccccc7C6)C[C@H]5C(=O)N4)O[C@]3(C)[C@@H]1C2. The van der Waals surface area contributed by atoms with Gasteiger partial charge in [-0.2, -0.15) is 0 Å². The van der Waals surface area contributed by atoms with Gasteiger partial charge in [-0.25, -0.2) is 9.59 Å². The molecule has 3 saturated heterocycles. The van der Waals surface area contributed by atoms with Crippen LogP contribution in [0.15, 0.2) is 54.6 Å². The Balaban J connectivity index is 1.03. The van der Waals surface area contributed by atoms with Crippen molar-refractivity contribution in [3.8, 4) is 0 Å². The van der Waals surface area contributed by atoms with E-state index in [9.17, 15) is 14.4 Å². The van der Waals surface area contributed by atoms with E-state index in [2.05, 4.69) is 26.1 Å². The second-order valence-corrected chi connectivity index (χ2v) is 17.4. The molecule has 7 aliphatic rings. The molecule has 2 aromatic carbocycles. The Kier molecular flexibility index (Phi) is 10.3. The van der Waals surface area contributed by atoms with Crippen LogP contribution in [0.25, 0.3) is 0 Å². The standard InChI is InChI=1S/C42H57BN4O6/c1-41(2)32-22-35(41)42(3)36(23-32)52-43(53-42)37-20-12-7-5-4-6-8-15-21-45(25-29-16-10-9-11-17-29)39(49)47-28-33(24-34(47)38(48)44-37)51-40(50)46-26-30-18-13-14-19-31(30)27-46/h9-11,13-14,16-19,32-37H,4-8,12,15,20-28H2,1-3H3,(H,44,48)/t32-,33-,34+,35-,36?,37+,42-/m1/s1. The van der Waals surface area contributed by atoms with E-state index >= 15 is 0 Å². The lowest BCUT2D eigenvalue weighted by Gasteiger charge is -2.64. The summed E-state index contributed by atoms with van der Waals surface area (Å²) < 4.78 is 19.8. The average molecular weight is 725 g/mol. The molecular formula is C42H57BN4O6. The van der Waals surface area contributed by atoms with Crippen LogP contribution in [0.3, 0.4) is 0 Å². The number of hydrogen-bond donors (Lipinski definition) is 1. The molecule has 3 aliphatic carbocycles. The lowest BCUT2D eigenvalue weighted by molar-refractivity contribution is -0.199. The van der Waals surface area contributed by atoms with Gasteiger partial charge in [0.1, 0.15) is 12.1 Å². The van der Waals surface area contributed by atoms with Gasteiger partial charge in [0.2, 0.25) is 5.91 Å². The van der Waals surface area contributed by atoms with E-state index in [0.717, 1.165) is 80.9 Å². The smallest absolute Gasteiger partial charge is 0.444 e. The average Bonchev–Trinajstić information content (AvgIpc) is 3.87. The van der Waals surface area contributed by atoms with Crippen LogP contribution in [0.2, 0.25) is 0 Å². The molecule has 4 aliphatic heterocycles. The van der Waals surface area contributed by atoms with Gasteiger partial charge in [-0.15, -0.1) is 0 Å². The van der Waals surface area contributed by atoms with E-state index < -0.39 is 25.4 Å². The Morgan fingerprint density at radius 1 is 0.887 bits per heavy atom. The second kappa shape index (κ2) is 14.9. The highest BCUT2D eigenvalue weighted by atomic mass is 16.7. The molecule has 0 aromatic heterocycles. The predicted octanol–water partition coefficient (Wildman–Crippen LogP) is 7.09. The van der Waals surface area contributed by atoms with Gasteiger partial charge in [0.25, 0.3) is 0 Å². The second-order valence-electron chi connectivity index (χ2n) is 17.4. The topological polar surface area (TPSA) is 101 Å². The summed E-state index contributed by atoms with van der Waals surface area (Å²) in [7, 11) is -0.548. The molecule has 1 unspecified atom stereocenters. The molecule has 2 bridgehead atoms. The van der Waals surface area contributed by atoms with Gasteiger partial charge in [-0.1, -0.05) is 107 Å². The quantitative estimate of drug-likeness (QED) is 0.338. The molecule has 0 radical (unpaired) electrons. The van der Waals surface area contributed by atoms with Gasteiger partial charge in [-0.05, 0) is 66.5 Å². The molecule has 1 N–H and O–H groups in total. The third-order valence-corrected chi connectivity index (χ3v) is 13.7. The fraction of sp³-hybridized carbons (Fsp3) is 0.643. The van der Waals surface area contributed by atoms with Crippen LogP contribution in [0.5, 0.6) is 0 Å². The normalized spacial score (nSPS) is 33.1. The highest BCUT2D eigenvalue weighted by Gasteiger charge is 2.68. The molecule has 6 fully saturated rings. The zero-order chi connectivity index (χ0) is 36.7. The molecule has 11 heteroatoms. The maximum Gasteiger partial charge on any atom is 0.481 e. The molecule has 284 valence electrons. The molecule has 4 heterocycles. The summed E-state index contributed by atoms with van der Waals surface area (Å²) in [4.78, 5) is 48.0. The highest BCUT2D eigenvalue weighted by Crippen LogP contribution is 2.65. The number of carbonyl (C=O) groups excluding carboxylic acids is 3. The van der Waals surface area contributed by atoms with E-state index in [1.807, 2.05) is 59.5 Å². The van der Waals surface area contributed by atoms with Crippen molar-refractivity contribution >= 4 is 25.1 Å². The first kappa shape index (κ1) is 36.4. The first-order valence-corrected chi connectivity index (χ1v) is 20.4. The van der Waals surface area contributed by atoms with Crippen LogP contribution in [0.1, 0.15) is 108 Å². The summed E-state index contributed by atoms with van der Waals surface area (Å²) in [6.45, 7) is 9.11. The summed E-state index contributed by atoms with van der Waals surface area (Å²) in [5, 5.41) is 3.36. The number of carbonyl (C=O) groups is 3. The summed E-state index contributed by atoms with van der Waals surface area (Å²) in [5.41, 5.74) is 3.10. The number of ether oxygens (including phenoxy) is 1. The monoisotopic (exact) mass is 724 g/mol. The van der Waals surface area contributed by atoms with Gasteiger partial charge < -0.3 is 29.2 Å². The van der Waals surface area contributed by atoms with Crippen LogP contribution in [-0.4, -0.2) is 82.7 Å². The van der Waals surface area contributed by atoms with E-state index in [-0.39, 0.29) is 48.0 Å². The summed E-state index contributed by atoms with van der Waals surface area (Å²) >= 11 is 0. The summed E-state index contributed by atoms with van der Waals surface area (Å²) in [5.74, 6) is 0.466. The van der Waals surface area contributed by atoms with Gasteiger partial charge >= 0.3 is 19.2 Å². The van der Waals surface area contributed by atoms with Crippen molar-refractivity contribution in [2.75, 3.05) is 13.1 Å². The Bertz CT molecular complexity index is 1630. The van der Waals surface area contributed by atoms with E-state index in [0.29, 0.717) is 38.0 Å². The number of nitrogens with one attached hydrogen (secondary N) is 1. The molecule has 53 heavy (non-hydrogen) atoms. The summed E-state index contributed by atoms with van der Waals surface area (Å²) in [6, 6.07) is 17.1. The maximum absolute atomic E-state index is 14.6. The van der Waals surface area contributed by atoms with Crippen molar-refractivity contribution in [1.29, 1.82) is 0 Å². The van der Waals surface area contributed by atoms with Crippen molar-refractivity contribution in [3.63, 3.8) is 0 Å². The van der Waals surface area contributed by atoms with Crippen molar-refractivity contribution in [2.24, 2.45) is 17.3 Å². The predicted molar refractivity (Wildman–Crippen MR) is 202 cm³/mol. The van der Waals surface area contributed by atoms with E-state index in [1.54, 1.807) is 9.80 Å². The van der Waals surface area contributed by atoms with Crippen LogP contribution < -0.4 is 5.32 Å². The Hall–Kier alpha value is -3.57. The Morgan fingerprint density at radius 2 is 1.57 bits per heavy atom. The van der Waals surface area contributed by atoms with E-state index in [1.165, 1.54) is 0 Å². The molecule has 10 nitrogen and oxygen atoms in total. The minimum Gasteiger partial charge on any atom is -0.444 e. The lowest BCUT2D eigenvalue weighted by Crippen LogP contribution is -2.65. The number of amides is 4. The minimum atomic E-state index is -0.796. The number of fused-ring (bicyclic) bond motifs is 2. The zero-order valence-electron chi connectivity index (χ0n) is 31.8. The van der Waals surface area contributed by atoms with Crippen molar-refractivity contribution < 1.29 is 28.4 Å². The van der Waals surface area contributed by atoms with E-state index in [4.69, 9.17) is 14.0 Å². The molecule has 2 aromatic rings. The number of urea groups is 1. The molecule has 7 atom stereocenters. The van der Waals surface area contributed by atoms with Gasteiger partial charge in [0, 0.05) is 32.6 Å². The van der Waals surface area contributed by atoms with Crippen molar-refractivity contribution in [1.82, 2.24) is 20.0 Å². The molecule has 0 spiro atoms. The van der Waals surface area contributed by atoms with Crippen molar-refractivity contribution in [3.05, 3.63) is 71.3 Å². The van der Waals surface area contributed by atoms with Crippen LogP contribution in [0, 0.1) is 17.3 Å². The molecule has 9 rings (SSSR count). The number of rotatable bonds is 4. The van der Waals surface area contributed by atoms with Crippen LogP contribution in [0.4, 0.5) is 9.59 Å². The minimum absolute atomic E-state index is 0.0122.